The first-order chi connectivity index (χ1) is 6.09. The molecule has 72 valence electrons. The summed E-state index contributed by atoms with van der Waals surface area (Å²) in [6.45, 7) is 6.04. The lowest BCUT2D eigenvalue weighted by Gasteiger charge is -1.98. The molecular weight excluding hydrogens is 182 g/mol. The molecule has 2 nitrogen and oxygen atoms in total. The van der Waals surface area contributed by atoms with Crippen LogP contribution in [0.5, 0.6) is 0 Å². The van der Waals surface area contributed by atoms with Gasteiger partial charge < -0.3 is 5.11 Å². The monoisotopic (exact) mass is 197 g/mol. The number of hydrogen-bond donors (Lipinski definition) is 1. The molecule has 3 heteroatoms. The first kappa shape index (κ1) is 9.16. The SMILES string of the molecule is Cc1nc(C2CC2C)sc1C(C)O. The maximum atomic E-state index is 9.46. The van der Waals surface area contributed by atoms with Crippen LogP contribution in [0.25, 0.3) is 0 Å². The third-order valence-corrected chi connectivity index (χ3v) is 4.11. The maximum absolute atomic E-state index is 9.46. The van der Waals surface area contributed by atoms with Gasteiger partial charge in [0.15, 0.2) is 0 Å². The highest BCUT2D eigenvalue weighted by molar-refractivity contribution is 7.12. The molecule has 1 heterocycles. The van der Waals surface area contributed by atoms with Gasteiger partial charge in [-0.05, 0) is 26.2 Å². The van der Waals surface area contributed by atoms with Crippen LogP contribution in [-0.2, 0) is 0 Å². The van der Waals surface area contributed by atoms with E-state index in [0.29, 0.717) is 5.92 Å². The molecule has 1 aromatic rings. The minimum atomic E-state index is -0.361. The summed E-state index contributed by atoms with van der Waals surface area (Å²) in [6.07, 6.45) is 0.909. The molecular formula is C10H15NOS. The van der Waals surface area contributed by atoms with Gasteiger partial charge in [0.2, 0.25) is 0 Å². The number of aliphatic hydroxyl groups is 1. The fourth-order valence-electron chi connectivity index (χ4n) is 1.64. The lowest BCUT2D eigenvalue weighted by molar-refractivity contribution is 0.202. The molecule has 3 atom stereocenters. The molecule has 0 aliphatic heterocycles. The normalized spacial score (nSPS) is 28.9. The highest BCUT2D eigenvalue weighted by atomic mass is 32.1. The average Bonchev–Trinajstić information content (AvgIpc) is 2.61. The Morgan fingerprint density at radius 3 is 2.62 bits per heavy atom. The van der Waals surface area contributed by atoms with E-state index in [9.17, 15) is 5.11 Å². The van der Waals surface area contributed by atoms with Crippen LogP contribution >= 0.6 is 11.3 Å². The molecule has 1 fully saturated rings. The first-order valence-corrected chi connectivity index (χ1v) is 5.56. The van der Waals surface area contributed by atoms with Gasteiger partial charge in [-0.2, -0.15) is 0 Å². The van der Waals surface area contributed by atoms with E-state index in [4.69, 9.17) is 0 Å². The van der Waals surface area contributed by atoms with E-state index in [2.05, 4.69) is 11.9 Å². The number of hydrogen-bond acceptors (Lipinski definition) is 3. The molecule has 0 amide bonds. The zero-order chi connectivity index (χ0) is 9.59. The van der Waals surface area contributed by atoms with Crippen LogP contribution < -0.4 is 0 Å². The number of thiazole rings is 1. The third-order valence-electron chi connectivity index (χ3n) is 2.66. The molecule has 0 aromatic carbocycles. The molecule has 1 aliphatic rings. The van der Waals surface area contributed by atoms with E-state index in [1.165, 1.54) is 11.4 Å². The van der Waals surface area contributed by atoms with E-state index >= 15 is 0 Å². The fraction of sp³-hybridized carbons (Fsp3) is 0.700. The van der Waals surface area contributed by atoms with E-state index in [1.807, 2.05) is 6.92 Å². The fourth-order valence-corrected chi connectivity index (χ4v) is 2.89. The number of aryl methyl sites for hydroxylation is 1. The quantitative estimate of drug-likeness (QED) is 0.790. The van der Waals surface area contributed by atoms with Gasteiger partial charge in [0.1, 0.15) is 0 Å². The van der Waals surface area contributed by atoms with Gasteiger partial charge >= 0.3 is 0 Å². The Balaban J connectivity index is 2.25. The standard InChI is InChI=1S/C10H15NOS/c1-5-4-8(5)10-11-6(2)9(13-10)7(3)12/h5,7-8,12H,4H2,1-3H3. The minimum Gasteiger partial charge on any atom is -0.388 e. The van der Waals surface area contributed by atoms with Crippen molar-refractivity contribution in [1.82, 2.24) is 4.98 Å². The van der Waals surface area contributed by atoms with Crippen molar-refractivity contribution in [3.8, 4) is 0 Å². The summed E-state index contributed by atoms with van der Waals surface area (Å²) in [6, 6.07) is 0. The number of nitrogens with zero attached hydrogens (tertiary/aromatic N) is 1. The molecule has 2 rings (SSSR count). The highest BCUT2D eigenvalue weighted by Gasteiger charge is 2.37. The summed E-state index contributed by atoms with van der Waals surface area (Å²) in [7, 11) is 0. The molecule has 0 radical (unpaired) electrons. The largest absolute Gasteiger partial charge is 0.388 e. The van der Waals surface area contributed by atoms with Crippen molar-refractivity contribution in [1.29, 1.82) is 0 Å². The lowest BCUT2D eigenvalue weighted by Crippen LogP contribution is -1.88. The Bertz CT molecular complexity index is 319. The van der Waals surface area contributed by atoms with Crippen LogP contribution in [-0.4, -0.2) is 10.1 Å². The second-order valence-electron chi connectivity index (χ2n) is 4.00. The number of aliphatic hydroxyl groups excluding tert-OH is 1. The van der Waals surface area contributed by atoms with Gasteiger partial charge in [-0.3, -0.25) is 0 Å². The Kier molecular flexibility index (Phi) is 2.16. The predicted octanol–water partition coefficient (Wildman–Crippen LogP) is 2.63. The minimum absolute atomic E-state index is 0.361. The average molecular weight is 197 g/mol. The molecule has 0 saturated heterocycles. The second kappa shape index (κ2) is 3.07. The molecule has 0 spiro atoms. The summed E-state index contributed by atoms with van der Waals surface area (Å²) >= 11 is 1.68. The van der Waals surface area contributed by atoms with Crippen LogP contribution in [0.1, 0.15) is 47.9 Å². The van der Waals surface area contributed by atoms with Gasteiger partial charge in [-0.25, -0.2) is 4.98 Å². The summed E-state index contributed by atoms with van der Waals surface area (Å²) in [5.41, 5.74) is 1.01. The van der Waals surface area contributed by atoms with Crippen LogP contribution in [0.15, 0.2) is 0 Å². The molecule has 0 bridgehead atoms. The summed E-state index contributed by atoms with van der Waals surface area (Å²) in [5.74, 6) is 1.48. The van der Waals surface area contributed by atoms with Crippen molar-refractivity contribution in [3.05, 3.63) is 15.6 Å². The topological polar surface area (TPSA) is 33.1 Å². The summed E-state index contributed by atoms with van der Waals surface area (Å²) < 4.78 is 0. The van der Waals surface area contributed by atoms with E-state index < -0.39 is 0 Å². The van der Waals surface area contributed by atoms with Crippen LogP contribution in [0.4, 0.5) is 0 Å². The maximum Gasteiger partial charge on any atom is 0.0965 e. The summed E-state index contributed by atoms with van der Waals surface area (Å²) in [5, 5.41) is 10.7. The van der Waals surface area contributed by atoms with E-state index in [1.54, 1.807) is 18.3 Å². The van der Waals surface area contributed by atoms with Gasteiger partial charge in [0.05, 0.1) is 21.7 Å². The van der Waals surface area contributed by atoms with Crippen LogP contribution in [0, 0.1) is 12.8 Å². The second-order valence-corrected chi connectivity index (χ2v) is 5.06. The highest BCUT2D eigenvalue weighted by Crippen LogP contribution is 2.49. The summed E-state index contributed by atoms with van der Waals surface area (Å²) in [4.78, 5) is 5.54. The number of aromatic nitrogens is 1. The Morgan fingerprint density at radius 1 is 1.62 bits per heavy atom. The van der Waals surface area contributed by atoms with Crippen LogP contribution in [0.3, 0.4) is 0 Å². The molecule has 1 N–H and O–H groups in total. The van der Waals surface area contributed by atoms with E-state index in [0.717, 1.165) is 16.5 Å². The molecule has 1 saturated carbocycles. The van der Waals surface area contributed by atoms with Crippen molar-refractivity contribution in [2.75, 3.05) is 0 Å². The van der Waals surface area contributed by atoms with Gasteiger partial charge in [0.25, 0.3) is 0 Å². The zero-order valence-electron chi connectivity index (χ0n) is 8.24. The Labute approximate surface area is 82.6 Å². The predicted molar refractivity (Wildman–Crippen MR) is 54.0 cm³/mol. The van der Waals surface area contributed by atoms with Gasteiger partial charge in [-0.1, -0.05) is 6.92 Å². The van der Waals surface area contributed by atoms with Crippen molar-refractivity contribution in [2.24, 2.45) is 5.92 Å². The van der Waals surface area contributed by atoms with Gasteiger partial charge in [-0.15, -0.1) is 11.3 Å². The van der Waals surface area contributed by atoms with Crippen molar-refractivity contribution in [3.63, 3.8) is 0 Å². The lowest BCUT2D eigenvalue weighted by atomic mass is 10.3. The molecule has 1 aromatic heterocycles. The zero-order valence-corrected chi connectivity index (χ0v) is 9.06. The molecule has 13 heavy (non-hydrogen) atoms. The third kappa shape index (κ3) is 1.63. The van der Waals surface area contributed by atoms with Crippen molar-refractivity contribution < 1.29 is 5.11 Å². The number of rotatable bonds is 2. The molecule has 3 unspecified atom stereocenters. The molecule has 1 aliphatic carbocycles. The van der Waals surface area contributed by atoms with Gasteiger partial charge in [0, 0.05) is 5.92 Å². The van der Waals surface area contributed by atoms with Crippen molar-refractivity contribution in [2.45, 2.75) is 39.2 Å². The Morgan fingerprint density at radius 2 is 2.23 bits per heavy atom. The van der Waals surface area contributed by atoms with Crippen LogP contribution in [0.2, 0.25) is 0 Å². The first-order valence-electron chi connectivity index (χ1n) is 4.75. The smallest absolute Gasteiger partial charge is 0.0965 e. The van der Waals surface area contributed by atoms with E-state index in [-0.39, 0.29) is 6.10 Å². The van der Waals surface area contributed by atoms with Crippen molar-refractivity contribution >= 4 is 11.3 Å². The Hall–Kier alpha value is -0.410.